The number of aromatic amines is 1. The Morgan fingerprint density at radius 2 is 2.04 bits per heavy atom. The van der Waals surface area contributed by atoms with Crippen LogP contribution in [0.25, 0.3) is 11.0 Å². The Morgan fingerprint density at radius 1 is 1.21 bits per heavy atom. The third kappa shape index (κ3) is 4.16. The number of rotatable bonds is 6. The van der Waals surface area contributed by atoms with Gasteiger partial charge in [-0.1, -0.05) is 24.3 Å². The zero-order valence-corrected chi connectivity index (χ0v) is 15.7. The largest absolute Gasteiger partial charge is 0.491 e. The number of carbonyl (C=O) groups is 1. The Kier molecular flexibility index (Phi) is 5.55. The number of para-hydroxylation sites is 3. The molecule has 0 aliphatic carbocycles. The van der Waals surface area contributed by atoms with Crippen LogP contribution in [0.1, 0.15) is 37.4 Å². The topological polar surface area (TPSA) is 58.2 Å². The summed E-state index contributed by atoms with van der Waals surface area (Å²) < 4.78 is 19.0. The third-order valence-electron chi connectivity index (χ3n) is 5.20. The van der Waals surface area contributed by atoms with Crippen molar-refractivity contribution in [3.8, 4) is 5.75 Å². The van der Waals surface area contributed by atoms with E-state index in [0.29, 0.717) is 26.0 Å². The number of hydrogen-bond acceptors (Lipinski definition) is 3. The molecule has 1 unspecified atom stereocenters. The normalized spacial score (nSPS) is 17.0. The number of nitrogens with one attached hydrogen (secondary N) is 1. The molecule has 28 heavy (non-hydrogen) atoms. The fourth-order valence-corrected chi connectivity index (χ4v) is 3.72. The van der Waals surface area contributed by atoms with Gasteiger partial charge in [0.1, 0.15) is 5.82 Å². The number of amides is 1. The summed E-state index contributed by atoms with van der Waals surface area (Å²) >= 11 is 0. The molecule has 4 rings (SSSR count). The summed E-state index contributed by atoms with van der Waals surface area (Å²) in [6, 6.07) is 14.3. The molecule has 2 heterocycles. The SMILES string of the molecule is O=C(CCCOc1ccccc1F)N1CCCC(c2nc3ccccc3[nH]2)C1. The lowest BCUT2D eigenvalue weighted by Gasteiger charge is -2.32. The first-order chi connectivity index (χ1) is 13.7. The summed E-state index contributed by atoms with van der Waals surface area (Å²) in [5, 5.41) is 0. The molecule has 1 N–H and O–H groups in total. The summed E-state index contributed by atoms with van der Waals surface area (Å²) in [6.07, 6.45) is 2.97. The molecule has 0 spiro atoms. The second-order valence-corrected chi connectivity index (χ2v) is 7.20. The molecule has 1 amide bonds. The van der Waals surface area contributed by atoms with E-state index in [4.69, 9.17) is 9.72 Å². The predicted molar refractivity (Wildman–Crippen MR) is 106 cm³/mol. The number of halogens is 1. The highest BCUT2D eigenvalue weighted by Gasteiger charge is 2.26. The number of hydrogen-bond donors (Lipinski definition) is 1. The molecule has 6 heteroatoms. The van der Waals surface area contributed by atoms with Crippen LogP contribution in [0.3, 0.4) is 0 Å². The van der Waals surface area contributed by atoms with Crippen molar-refractivity contribution in [1.82, 2.24) is 14.9 Å². The molecule has 1 aromatic heterocycles. The van der Waals surface area contributed by atoms with Crippen molar-refractivity contribution in [2.45, 2.75) is 31.6 Å². The Balaban J connectivity index is 1.29. The van der Waals surface area contributed by atoms with Crippen LogP contribution in [0.2, 0.25) is 0 Å². The maximum atomic E-state index is 13.5. The second-order valence-electron chi connectivity index (χ2n) is 7.20. The molecule has 5 nitrogen and oxygen atoms in total. The van der Waals surface area contributed by atoms with Gasteiger partial charge in [-0.25, -0.2) is 9.37 Å². The number of likely N-dealkylation sites (tertiary alicyclic amines) is 1. The Bertz CT molecular complexity index is 923. The van der Waals surface area contributed by atoms with Crippen molar-refractivity contribution in [3.63, 3.8) is 0 Å². The van der Waals surface area contributed by atoms with Crippen LogP contribution < -0.4 is 4.74 Å². The average molecular weight is 381 g/mol. The minimum absolute atomic E-state index is 0.123. The van der Waals surface area contributed by atoms with Crippen molar-refractivity contribution in [2.24, 2.45) is 0 Å². The zero-order valence-electron chi connectivity index (χ0n) is 15.7. The fourth-order valence-electron chi connectivity index (χ4n) is 3.72. The number of imidazole rings is 1. The van der Waals surface area contributed by atoms with E-state index in [1.807, 2.05) is 29.2 Å². The van der Waals surface area contributed by atoms with Crippen LogP contribution >= 0.6 is 0 Å². The highest BCUT2D eigenvalue weighted by molar-refractivity contribution is 5.77. The minimum atomic E-state index is -0.376. The minimum Gasteiger partial charge on any atom is -0.491 e. The molecule has 1 fully saturated rings. The number of piperidine rings is 1. The van der Waals surface area contributed by atoms with Gasteiger partial charge >= 0.3 is 0 Å². The number of H-pyrrole nitrogens is 1. The standard InChI is InChI=1S/C22H24FN3O2/c23-17-8-1-4-11-20(17)28-14-6-12-21(27)26-13-5-7-16(15-26)22-24-18-9-2-3-10-19(18)25-22/h1-4,8-11,16H,5-7,12-15H2,(H,24,25). The van der Waals surface area contributed by atoms with Crippen molar-refractivity contribution < 1.29 is 13.9 Å². The van der Waals surface area contributed by atoms with Gasteiger partial charge in [0, 0.05) is 25.4 Å². The number of benzene rings is 2. The van der Waals surface area contributed by atoms with Crippen molar-refractivity contribution in [1.29, 1.82) is 0 Å². The summed E-state index contributed by atoms with van der Waals surface area (Å²) in [6.45, 7) is 1.80. The van der Waals surface area contributed by atoms with Gasteiger partial charge in [-0.2, -0.15) is 0 Å². The van der Waals surface area contributed by atoms with Crippen LogP contribution in [0, 0.1) is 5.82 Å². The lowest BCUT2D eigenvalue weighted by molar-refractivity contribution is -0.132. The number of ether oxygens (including phenoxy) is 1. The van der Waals surface area contributed by atoms with Gasteiger partial charge in [0.25, 0.3) is 0 Å². The van der Waals surface area contributed by atoms with Crippen LogP contribution in [0.5, 0.6) is 5.75 Å². The monoisotopic (exact) mass is 381 g/mol. The molecule has 1 atom stereocenters. The van der Waals surface area contributed by atoms with E-state index in [2.05, 4.69) is 4.98 Å². The fraction of sp³-hybridized carbons (Fsp3) is 0.364. The van der Waals surface area contributed by atoms with Gasteiger partial charge in [-0.15, -0.1) is 0 Å². The molecular formula is C22H24FN3O2. The molecule has 1 aliphatic rings. The Morgan fingerprint density at radius 3 is 2.89 bits per heavy atom. The first-order valence-electron chi connectivity index (χ1n) is 9.80. The van der Waals surface area contributed by atoms with Crippen molar-refractivity contribution in [2.75, 3.05) is 19.7 Å². The van der Waals surface area contributed by atoms with Gasteiger partial charge in [0.05, 0.1) is 17.6 Å². The number of fused-ring (bicyclic) bond motifs is 1. The quantitative estimate of drug-likeness (QED) is 0.649. The Hall–Kier alpha value is -2.89. The lowest BCUT2D eigenvalue weighted by atomic mass is 9.97. The summed E-state index contributed by atoms with van der Waals surface area (Å²) in [7, 11) is 0. The lowest BCUT2D eigenvalue weighted by Crippen LogP contribution is -2.39. The average Bonchev–Trinajstić information content (AvgIpc) is 3.17. The second kappa shape index (κ2) is 8.42. The van der Waals surface area contributed by atoms with Crippen LogP contribution in [-0.4, -0.2) is 40.5 Å². The molecule has 1 aliphatic heterocycles. The summed E-state index contributed by atoms with van der Waals surface area (Å²) in [5.41, 5.74) is 2.00. The molecule has 2 aromatic carbocycles. The first kappa shape index (κ1) is 18.5. The molecule has 0 radical (unpaired) electrons. The smallest absolute Gasteiger partial charge is 0.222 e. The van der Waals surface area contributed by atoms with Gasteiger partial charge in [-0.3, -0.25) is 4.79 Å². The van der Waals surface area contributed by atoms with Gasteiger partial charge in [0.15, 0.2) is 11.6 Å². The molecule has 0 saturated carbocycles. The number of carbonyl (C=O) groups excluding carboxylic acids is 1. The zero-order chi connectivity index (χ0) is 19.3. The van der Waals surface area contributed by atoms with Crippen LogP contribution in [0.15, 0.2) is 48.5 Å². The highest BCUT2D eigenvalue weighted by Crippen LogP contribution is 2.27. The first-order valence-corrected chi connectivity index (χ1v) is 9.80. The maximum Gasteiger partial charge on any atom is 0.222 e. The molecule has 3 aromatic rings. The van der Waals surface area contributed by atoms with E-state index >= 15 is 0 Å². The van der Waals surface area contributed by atoms with Gasteiger partial charge in [0.2, 0.25) is 5.91 Å². The maximum absolute atomic E-state index is 13.5. The molecule has 0 bridgehead atoms. The van der Waals surface area contributed by atoms with Crippen LogP contribution in [0.4, 0.5) is 4.39 Å². The van der Waals surface area contributed by atoms with Crippen LogP contribution in [-0.2, 0) is 4.79 Å². The predicted octanol–water partition coefficient (Wildman–Crippen LogP) is 4.27. The van der Waals surface area contributed by atoms with Gasteiger partial charge in [-0.05, 0) is 43.5 Å². The van der Waals surface area contributed by atoms with E-state index in [1.54, 1.807) is 18.2 Å². The summed E-state index contributed by atoms with van der Waals surface area (Å²) in [4.78, 5) is 22.6. The third-order valence-corrected chi connectivity index (χ3v) is 5.20. The van der Waals surface area contributed by atoms with E-state index in [-0.39, 0.29) is 23.4 Å². The van der Waals surface area contributed by atoms with E-state index in [1.165, 1.54) is 6.07 Å². The molecule has 1 saturated heterocycles. The number of aromatic nitrogens is 2. The highest BCUT2D eigenvalue weighted by atomic mass is 19.1. The van der Waals surface area contributed by atoms with Crippen molar-refractivity contribution >= 4 is 16.9 Å². The van der Waals surface area contributed by atoms with E-state index in [9.17, 15) is 9.18 Å². The van der Waals surface area contributed by atoms with E-state index in [0.717, 1.165) is 36.2 Å². The Labute approximate surface area is 163 Å². The molecule has 146 valence electrons. The van der Waals surface area contributed by atoms with Gasteiger partial charge < -0.3 is 14.6 Å². The van der Waals surface area contributed by atoms with Crippen molar-refractivity contribution in [3.05, 3.63) is 60.2 Å². The summed E-state index contributed by atoms with van der Waals surface area (Å²) in [5.74, 6) is 1.18. The number of nitrogens with zero attached hydrogens (tertiary/aromatic N) is 2. The molecular weight excluding hydrogens is 357 g/mol. The van der Waals surface area contributed by atoms with E-state index < -0.39 is 0 Å².